The van der Waals surface area contributed by atoms with Crippen LogP contribution in [0.3, 0.4) is 0 Å². The molecule has 0 unspecified atom stereocenters. The van der Waals surface area contributed by atoms with Crippen LogP contribution in [0.25, 0.3) is 0 Å². The average Bonchev–Trinajstić information content (AvgIpc) is 3.31. The maximum absolute atomic E-state index is 13.7. The lowest BCUT2D eigenvalue weighted by Gasteiger charge is -2.37. The third-order valence-corrected chi connectivity index (χ3v) is 7.41. The second-order valence-electron chi connectivity index (χ2n) is 9.32. The molecular formula is C28H31ClN2O3S. The highest BCUT2D eigenvalue weighted by molar-refractivity contribution is 7.10. The van der Waals surface area contributed by atoms with Gasteiger partial charge in [0.05, 0.1) is 6.04 Å². The minimum atomic E-state index is -0.195. The van der Waals surface area contributed by atoms with Crippen molar-refractivity contribution >= 4 is 34.8 Å². The summed E-state index contributed by atoms with van der Waals surface area (Å²) in [5.74, 6) is 0.780. The van der Waals surface area contributed by atoms with Crippen molar-refractivity contribution in [1.82, 2.24) is 9.80 Å². The number of rotatable bonds is 8. The Morgan fingerprint density at radius 1 is 1.17 bits per heavy atom. The van der Waals surface area contributed by atoms with Crippen molar-refractivity contribution < 1.29 is 14.3 Å². The van der Waals surface area contributed by atoms with Crippen LogP contribution in [0.4, 0.5) is 0 Å². The number of carbonyl (C=O) groups excluding carboxylic acids is 2. The van der Waals surface area contributed by atoms with E-state index >= 15 is 0 Å². The Bertz CT molecular complexity index is 1190. The normalized spacial score (nSPS) is 15.1. The Labute approximate surface area is 216 Å². The SMILES string of the molecule is Cc1ccccc1OC[C@@H]1c2ccsc2CCN1C(=O)CN(CC(C)C)C(=O)c1cccc(Cl)c1. The first-order valence-corrected chi connectivity index (χ1v) is 13.2. The fraction of sp³-hybridized carbons (Fsp3) is 0.357. The van der Waals surface area contributed by atoms with E-state index in [2.05, 4.69) is 11.4 Å². The van der Waals surface area contributed by atoms with Gasteiger partial charge in [0.25, 0.3) is 5.91 Å². The quantitative estimate of drug-likeness (QED) is 0.372. The summed E-state index contributed by atoms with van der Waals surface area (Å²) in [7, 11) is 0. The zero-order valence-corrected chi connectivity index (χ0v) is 21.9. The summed E-state index contributed by atoms with van der Waals surface area (Å²) in [5, 5.41) is 2.58. The van der Waals surface area contributed by atoms with Gasteiger partial charge < -0.3 is 14.5 Å². The molecule has 0 N–H and O–H groups in total. The largest absolute Gasteiger partial charge is 0.491 e. The highest BCUT2D eigenvalue weighted by Crippen LogP contribution is 2.34. The molecule has 0 fully saturated rings. The van der Waals surface area contributed by atoms with Crippen molar-refractivity contribution in [3.8, 4) is 5.75 Å². The molecule has 4 rings (SSSR count). The van der Waals surface area contributed by atoms with Gasteiger partial charge in [-0.05, 0) is 66.1 Å². The molecule has 7 heteroatoms. The van der Waals surface area contributed by atoms with Gasteiger partial charge in [-0.15, -0.1) is 11.3 Å². The standard InChI is InChI=1S/C28H31ClN2O3S/c1-19(2)16-30(28(33)21-8-6-9-22(29)15-21)17-27(32)31-13-11-26-23(12-14-35-26)24(31)18-34-25-10-5-4-7-20(25)3/h4-10,12,14-15,19,24H,11,13,16-18H2,1-3H3/t24-/m1/s1. The van der Waals surface area contributed by atoms with Gasteiger partial charge in [-0.25, -0.2) is 0 Å². The zero-order valence-electron chi connectivity index (χ0n) is 20.4. The number of thiophene rings is 1. The highest BCUT2D eigenvalue weighted by Gasteiger charge is 2.34. The third-order valence-electron chi connectivity index (χ3n) is 6.18. The molecule has 3 aromatic rings. The van der Waals surface area contributed by atoms with Crippen LogP contribution in [0.2, 0.25) is 5.02 Å². The molecule has 2 aromatic carbocycles. The molecule has 2 amide bonds. The van der Waals surface area contributed by atoms with E-state index in [1.54, 1.807) is 40.5 Å². The van der Waals surface area contributed by atoms with Gasteiger partial charge in [0.1, 0.15) is 18.9 Å². The van der Waals surface area contributed by atoms with Crippen LogP contribution in [0.15, 0.2) is 60.0 Å². The molecule has 1 aromatic heterocycles. The molecular weight excluding hydrogens is 480 g/mol. The molecule has 35 heavy (non-hydrogen) atoms. The maximum atomic E-state index is 13.7. The van der Waals surface area contributed by atoms with Crippen molar-refractivity contribution in [2.75, 3.05) is 26.2 Å². The number of amides is 2. The average molecular weight is 511 g/mol. The highest BCUT2D eigenvalue weighted by atomic mass is 35.5. The van der Waals surface area contributed by atoms with E-state index in [1.165, 1.54) is 4.88 Å². The molecule has 0 aliphatic carbocycles. The number of hydrogen-bond acceptors (Lipinski definition) is 4. The summed E-state index contributed by atoms with van der Waals surface area (Å²) in [6, 6.07) is 16.7. The number of ether oxygens (including phenoxy) is 1. The number of halogens is 1. The Morgan fingerprint density at radius 2 is 1.97 bits per heavy atom. The molecule has 0 saturated heterocycles. The van der Waals surface area contributed by atoms with E-state index in [1.807, 2.05) is 49.9 Å². The topological polar surface area (TPSA) is 49.9 Å². The summed E-state index contributed by atoms with van der Waals surface area (Å²) >= 11 is 7.84. The fourth-order valence-electron chi connectivity index (χ4n) is 4.48. The van der Waals surface area contributed by atoms with Crippen molar-refractivity contribution in [2.24, 2.45) is 5.92 Å². The Morgan fingerprint density at radius 3 is 2.71 bits per heavy atom. The van der Waals surface area contributed by atoms with E-state index in [4.69, 9.17) is 16.3 Å². The molecule has 5 nitrogen and oxygen atoms in total. The second kappa shape index (κ2) is 11.3. The summed E-state index contributed by atoms with van der Waals surface area (Å²) < 4.78 is 6.20. The van der Waals surface area contributed by atoms with Crippen LogP contribution < -0.4 is 4.74 Å². The van der Waals surface area contributed by atoms with Crippen LogP contribution in [-0.2, 0) is 11.2 Å². The number of fused-ring (bicyclic) bond motifs is 1. The number of para-hydroxylation sites is 1. The van der Waals surface area contributed by atoms with Gasteiger partial charge in [-0.3, -0.25) is 9.59 Å². The molecule has 1 aliphatic rings. The van der Waals surface area contributed by atoms with Gasteiger partial charge in [0.2, 0.25) is 5.91 Å². The molecule has 0 spiro atoms. The minimum absolute atomic E-state index is 0.0177. The van der Waals surface area contributed by atoms with E-state index in [9.17, 15) is 9.59 Å². The number of aryl methyl sites for hydroxylation is 1. The number of benzene rings is 2. The van der Waals surface area contributed by atoms with Crippen molar-refractivity contribution in [2.45, 2.75) is 33.2 Å². The van der Waals surface area contributed by atoms with Crippen LogP contribution in [0.1, 0.15) is 46.3 Å². The maximum Gasteiger partial charge on any atom is 0.254 e. The molecule has 0 saturated carbocycles. The first-order valence-electron chi connectivity index (χ1n) is 11.9. The van der Waals surface area contributed by atoms with Crippen LogP contribution >= 0.6 is 22.9 Å². The van der Waals surface area contributed by atoms with Gasteiger partial charge in [-0.2, -0.15) is 0 Å². The lowest BCUT2D eigenvalue weighted by molar-refractivity contribution is -0.135. The molecule has 184 valence electrons. The summed E-state index contributed by atoms with van der Waals surface area (Å²) in [6.45, 7) is 7.57. The lowest BCUT2D eigenvalue weighted by atomic mass is 10.00. The van der Waals surface area contributed by atoms with Crippen molar-refractivity contribution in [3.63, 3.8) is 0 Å². The second-order valence-corrected chi connectivity index (χ2v) is 10.8. The summed E-state index contributed by atoms with van der Waals surface area (Å²) in [4.78, 5) is 31.8. The Kier molecular flexibility index (Phi) is 8.14. The molecule has 0 radical (unpaired) electrons. The smallest absolute Gasteiger partial charge is 0.254 e. The van der Waals surface area contributed by atoms with E-state index < -0.39 is 0 Å². The Balaban J connectivity index is 1.55. The zero-order chi connectivity index (χ0) is 24.9. The van der Waals surface area contributed by atoms with Crippen LogP contribution in [-0.4, -0.2) is 47.9 Å². The monoisotopic (exact) mass is 510 g/mol. The van der Waals surface area contributed by atoms with Gasteiger partial charge in [0, 0.05) is 28.6 Å². The van der Waals surface area contributed by atoms with E-state index in [-0.39, 0.29) is 30.3 Å². The fourth-order valence-corrected chi connectivity index (χ4v) is 5.60. The van der Waals surface area contributed by atoms with Gasteiger partial charge >= 0.3 is 0 Å². The third kappa shape index (κ3) is 6.06. The van der Waals surface area contributed by atoms with Gasteiger partial charge in [-0.1, -0.05) is 49.7 Å². The number of carbonyl (C=O) groups is 2. The molecule has 1 atom stereocenters. The van der Waals surface area contributed by atoms with Crippen molar-refractivity contribution in [3.05, 3.63) is 86.6 Å². The van der Waals surface area contributed by atoms with Crippen molar-refractivity contribution in [1.29, 1.82) is 0 Å². The molecule has 0 bridgehead atoms. The number of hydrogen-bond donors (Lipinski definition) is 0. The molecule has 1 aliphatic heterocycles. The van der Waals surface area contributed by atoms with E-state index in [0.29, 0.717) is 30.3 Å². The summed E-state index contributed by atoms with van der Waals surface area (Å²) in [6.07, 6.45) is 0.812. The Hall–Kier alpha value is -2.83. The van der Waals surface area contributed by atoms with E-state index in [0.717, 1.165) is 23.3 Å². The minimum Gasteiger partial charge on any atom is -0.491 e. The molecule has 2 heterocycles. The van der Waals surface area contributed by atoms with Crippen LogP contribution in [0.5, 0.6) is 5.75 Å². The van der Waals surface area contributed by atoms with Crippen LogP contribution in [0, 0.1) is 12.8 Å². The predicted octanol–water partition coefficient (Wildman–Crippen LogP) is 6.01. The lowest BCUT2D eigenvalue weighted by Crippen LogP contribution is -2.48. The summed E-state index contributed by atoms with van der Waals surface area (Å²) in [5.41, 5.74) is 2.69. The first-order chi connectivity index (χ1) is 16.8. The van der Waals surface area contributed by atoms with Gasteiger partial charge in [0.15, 0.2) is 0 Å². The first kappa shape index (κ1) is 25.3. The predicted molar refractivity (Wildman–Crippen MR) is 141 cm³/mol. The number of nitrogens with zero attached hydrogens (tertiary/aromatic N) is 2.